The molecule has 1 aliphatic carbocycles. The number of benzene rings is 2. The number of H-pyrrole nitrogens is 2. The highest BCUT2D eigenvalue weighted by Gasteiger charge is 2.42. The van der Waals surface area contributed by atoms with Crippen LogP contribution in [0.15, 0.2) is 48.7 Å². The van der Waals surface area contributed by atoms with Gasteiger partial charge in [-0.2, -0.15) is 0 Å². The number of ether oxygens (including phenoxy) is 1. The predicted octanol–water partition coefficient (Wildman–Crippen LogP) is 7.27. The summed E-state index contributed by atoms with van der Waals surface area (Å²) in [6.07, 6.45) is -0.0920. The fraction of sp³-hybridized carbons (Fsp3) is 0.290. The first-order valence-corrected chi connectivity index (χ1v) is 14.1. The van der Waals surface area contributed by atoms with Gasteiger partial charge in [-0.05, 0) is 61.9 Å². The van der Waals surface area contributed by atoms with Gasteiger partial charge in [0.15, 0.2) is 11.9 Å². The highest BCUT2D eigenvalue weighted by molar-refractivity contribution is 6.31. The molecule has 4 aromatic rings. The summed E-state index contributed by atoms with van der Waals surface area (Å²) in [5.74, 6) is -0.129. The summed E-state index contributed by atoms with van der Waals surface area (Å²) >= 11 is 5.93. The number of alkyl halides is 2. The number of hydrogen-bond acceptors (Lipinski definition) is 4. The normalized spacial score (nSPS) is 19.4. The second-order valence-electron chi connectivity index (χ2n) is 10.9. The van der Waals surface area contributed by atoms with Gasteiger partial charge in [0.2, 0.25) is 5.91 Å². The van der Waals surface area contributed by atoms with E-state index in [4.69, 9.17) is 21.3 Å². The van der Waals surface area contributed by atoms with Crippen LogP contribution in [0.5, 0.6) is 0 Å². The molecule has 2 aromatic heterocycles. The largest absolute Gasteiger partial charge is 0.453 e. The minimum atomic E-state index is -2.88. The maximum atomic E-state index is 14.9. The van der Waals surface area contributed by atoms with Crippen LogP contribution in [0.4, 0.5) is 29.3 Å². The Morgan fingerprint density at radius 1 is 1.16 bits per heavy atom. The zero-order valence-corrected chi connectivity index (χ0v) is 24.0. The Bertz CT molecular complexity index is 1730. The van der Waals surface area contributed by atoms with Crippen LogP contribution in [0.1, 0.15) is 54.4 Å². The smallest absolute Gasteiger partial charge is 0.411 e. The molecule has 2 aliphatic rings. The number of aromatic nitrogens is 3. The van der Waals surface area contributed by atoms with Crippen LogP contribution in [0.3, 0.4) is 0 Å². The molecule has 222 valence electrons. The molecule has 8 nitrogen and oxygen atoms in total. The molecular formula is C31H28ClF3N5O3+. The van der Waals surface area contributed by atoms with E-state index in [0.29, 0.717) is 41.3 Å². The minimum absolute atomic E-state index is 0.135. The van der Waals surface area contributed by atoms with Gasteiger partial charge in [-0.25, -0.2) is 27.9 Å². The fourth-order valence-corrected chi connectivity index (χ4v) is 6.00. The van der Waals surface area contributed by atoms with Crippen LogP contribution in [0, 0.1) is 24.6 Å². The molecule has 2 amide bonds. The molecule has 2 bridgehead atoms. The Balaban J connectivity index is 1.40. The van der Waals surface area contributed by atoms with Crippen LogP contribution in [-0.4, -0.2) is 29.1 Å². The van der Waals surface area contributed by atoms with Crippen molar-refractivity contribution in [1.29, 1.82) is 0 Å². The number of pyridine rings is 1. The molecule has 0 radical (unpaired) electrons. The maximum absolute atomic E-state index is 14.9. The van der Waals surface area contributed by atoms with Gasteiger partial charge in [-0.1, -0.05) is 17.7 Å². The topological polar surface area (TPSA) is 110 Å². The Morgan fingerprint density at radius 2 is 1.98 bits per heavy atom. The highest BCUT2D eigenvalue weighted by atomic mass is 35.5. The Hall–Kier alpha value is -4.38. The van der Waals surface area contributed by atoms with E-state index in [1.165, 1.54) is 13.3 Å². The second kappa shape index (κ2) is 11.4. The molecule has 1 saturated carbocycles. The number of nitrogens with one attached hydrogen (secondary N) is 4. The number of imidazole rings is 1. The first-order chi connectivity index (χ1) is 20.6. The molecule has 3 atom stereocenters. The van der Waals surface area contributed by atoms with E-state index in [9.17, 15) is 22.8 Å². The lowest BCUT2D eigenvalue weighted by molar-refractivity contribution is -0.391. The van der Waals surface area contributed by atoms with E-state index in [1.54, 1.807) is 30.3 Å². The van der Waals surface area contributed by atoms with Gasteiger partial charge in [-0.3, -0.25) is 10.1 Å². The van der Waals surface area contributed by atoms with E-state index in [2.05, 4.69) is 20.6 Å². The third-order valence-corrected chi connectivity index (χ3v) is 8.42. The number of aryl methyl sites for hydroxylation is 1. The molecule has 12 heteroatoms. The Kier molecular flexibility index (Phi) is 7.59. The molecule has 1 aliphatic heterocycles. The van der Waals surface area contributed by atoms with Gasteiger partial charge in [-0.15, -0.1) is 0 Å². The average molecular weight is 611 g/mol. The summed E-state index contributed by atoms with van der Waals surface area (Å²) < 4.78 is 47.1. The van der Waals surface area contributed by atoms with Gasteiger partial charge < -0.3 is 15.0 Å². The molecular weight excluding hydrogens is 583 g/mol. The van der Waals surface area contributed by atoms with Crippen molar-refractivity contribution < 1.29 is 32.5 Å². The van der Waals surface area contributed by atoms with Crippen molar-refractivity contribution in [2.45, 2.75) is 38.5 Å². The molecule has 3 heterocycles. The summed E-state index contributed by atoms with van der Waals surface area (Å²) in [4.78, 5) is 36.4. The molecule has 4 N–H and O–H groups in total. The summed E-state index contributed by atoms with van der Waals surface area (Å²) in [6, 6.07) is 10.8. The number of rotatable bonds is 4. The number of hydrogen-bond donors (Lipinski definition) is 3. The van der Waals surface area contributed by atoms with Crippen molar-refractivity contribution in [3.8, 4) is 22.4 Å². The van der Waals surface area contributed by atoms with E-state index in [0.717, 1.165) is 29.9 Å². The Labute approximate surface area is 250 Å². The van der Waals surface area contributed by atoms with Crippen LogP contribution >= 0.6 is 11.6 Å². The highest BCUT2D eigenvalue weighted by Crippen LogP contribution is 2.49. The predicted molar refractivity (Wildman–Crippen MR) is 154 cm³/mol. The summed E-state index contributed by atoms with van der Waals surface area (Å²) in [5.41, 5.74) is 3.35. The van der Waals surface area contributed by atoms with E-state index in [1.807, 2.05) is 6.92 Å². The quantitative estimate of drug-likeness (QED) is 0.226. The number of halogens is 4. The molecule has 0 spiro atoms. The van der Waals surface area contributed by atoms with Crippen LogP contribution in [0.2, 0.25) is 5.02 Å². The van der Waals surface area contributed by atoms with Gasteiger partial charge >= 0.3 is 6.09 Å². The van der Waals surface area contributed by atoms with Crippen molar-refractivity contribution >= 4 is 35.0 Å². The van der Waals surface area contributed by atoms with Crippen molar-refractivity contribution in [1.82, 2.24) is 9.97 Å². The van der Waals surface area contributed by atoms with Gasteiger partial charge in [0.1, 0.15) is 17.6 Å². The SMILES string of the molecule is COC(=O)Nc1ccc2c(c1)NC(=O)CC1CC1CC(c1ccc(-c3c(C(F)F)ccc(Cl)c3F)c[nH+]1)c1nc-2c(C)[nH]1. The molecule has 43 heavy (non-hydrogen) atoms. The average Bonchev–Trinajstić information content (AvgIpc) is 3.59. The molecule has 0 saturated heterocycles. The number of carbonyl (C=O) groups is 2. The van der Waals surface area contributed by atoms with Crippen LogP contribution < -0.4 is 15.6 Å². The maximum Gasteiger partial charge on any atom is 0.411 e. The van der Waals surface area contributed by atoms with Crippen molar-refractivity contribution in [3.05, 3.63) is 82.3 Å². The van der Waals surface area contributed by atoms with E-state index < -0.39 is 23.9 Å². The summed E-state index contributed by atoms with van der Waals surface area (Å²) in [6.45, 7) is 1.88. The number of amides is 2. The number of methoxy groups -OCH3 is 1. The molecule has 3 unspecified atom stereocenters. The van der Waals surface area contributed by atoms with Gasteiger partial charge in [0.25, 0.3) is 6.43 Å². The minimum Gasteiger partial charge on any atom is -0.453 e. The second-order valence-corrected chi connectivity index (χ2v) is 11.3. The van der Waals surface area contributed by atoms with Crippen LogP contribution in [-0.2, 0) is 9.53 Å². The van der Waals surface area contributed by atoms with Gasteiger partial charge in [0.05, 0.1) is 23.5 Å². The van der Waals surface area contributed by atoms with Crippen molar-refractivity contribution in [2.75, 3.05) is 17.7 Å². The lowest BCUT2D eigenvalue weighted by Crippen LogP contribution is -2.19. The van der Waals surface area contributed by atoms with Gasteiger partial charge in [0, 0.05) is 46.1 Å². The monoisotopic (exact) mass is 610 g/mol. The fourth-order valence-electron chi connectivity index (χ4n) is 5.84. The van der Waals surface area contributed by atoms with E-state index >= 15 is 0 Å². The number of aromatic amines is 2. The molecule has 2 aromatic carbocycles. The van der Waals surface area contributed by atoms with Crippen LogP contribution in [0.25, 0.3) is 22.4 Å². The zero-order valence-electron chi connectivity index (χ0n) is 23.2. The number of carbonyl (C=O) groups excluding carboxylic acids is 2. The lowest BCUT2D eigenvalue weighted by Gasteiger charge is -2.15. The first kappa shape index (κ1) is 28.7. The first-order valence-electron chi connectivity index (χ1n) is 13.8. The number of anilines is 2. The lowest BCUT2D eigenvalue weighted by atomic mass is 9.94. The summed E-state index contributed by atoms with van der Waals surface area (Å²) in [5, 5.41) is 5.38. The Morgan fingerprint density at radius 3 is 2.70 bits per heavy atom. The molecule has 1 fully saturated rings. The number of nitrogens with zero attached hydrogens (tertiary/aromatic N) is 1. The third kappa shape index (κ3) is 5.69. The third-order valence-electron chi connectivity index (χ3n) is 8.13. The molecule has 6 rings (SSSR count). The number of fused-ring (bicyclic) bond motifs is 5. The standard InChI is InChI=1S/C31H27ClF3N5O3/c1-14-28-19-5-4-18(38-31(42)43-2)12-24(19)39-25(41)11-17-9-16(17)10-21(30(37-14)40-28)23-8-3-15(13-36-23)26-20(29(34)35)6-7-22(32)27(26)33/h3-8,12-13,16-17,21,29H,9-11H2,1-2H3,(H,37,40)(H,38,42)(H,39,41)/p+1. The van der Waals surface area contributed by atoms with E-state index in [-0.39, 0.29) is 39.8 Å². The zero-order chi connectivity index (χ0) is 30.4. The van der Waals surface area contributed by atoms with Crippen molar-refractivity contribution in [3.63, 3.8) is 0 Å². The summed E-state index contributed by atoms with van der Waals surface area (Å²) in [7, 11) is 1.27. The van der Waals surface area contributed by atoms with Crippen molar-refractivity contribution in [2.24, 2.45) is 11.8 Å².